The molecule has 0 bridgehead atoms. The van der Waals surface area contributed by atoms with E-state index in [-0.39, 0.29) is 11.7 Å². The van der Waals surface area contributed by atoms with Gasteiger partial charge in [0.05, 0.1) is 0 Å². The second-order valence-corrected chi connectivity index (χ2v) is 8.05. The Morgan fingerprint density at radius 1 is 1.14 bits per heavy atom. The number of rotatable bonds is 9. The van der Waals surface area contributed by atoms with Crippen LogP contribution in [0, 0.1) is 5.82 Å². The van der Waals surface area contributed by atoms with Crippen molar-refractivity contribution in [3.05, 3.63) is 77.1 Å². The minimum atomic E-state index is -0.563. The summed E-state index contributed by atoms with van der Waals surface area (Å²) in [5.74, 6) is 1.37. The molecule has 1 N–H and O–H groups in total. The van der Waals surface area contributed by atoms with Crippen LogP contribution in [0.1, 0.15) is 18.9 Å². The monoisotopic (exact) mass is 431 g/mol. The van der Waals surface area contributed by atoms with E-state index in [0.29, 0.717) is 40.8 Å². The van der Waals surface area contributed by atoms with E-state index in [0.717, 1.165) is 10.8 Å². The first kappa shape index (κ1) is 21.5. The maximum atomic E-state index is 13.8. The Kier molecular flexibility index (Phi) is 7.78. The number of hydrogen-bond acceptors (Lipinski definition) is 3. The molecular weight excluding hydrogens is 409 g/mol. The molecule has 0 fully saturated rings. The van der Waals surface area contributed by atoms with E-state index >= 15 is 0 Å². The molecule has 0 unspecified atom stereocenters. The summed E-state index contributed by atoms with van der Waals surface area (Å²) in [5, 5.41) is 5.39. The zero-order chi connectivity index (χ0) is 20.6. The molecule has 152 valence electrons. The van der Waals surface area contributed by atoms with Gasteiger partial charge in [0.2, 0.25) is 0 Å². The highest BCUT2D eigenvalue weighted by Crippen LogP contribution is 2.27. The van der Waals surface area contributed by atoms with Crippen molar-refractivity contribution in [3.8, 4) is 5.75 Å². The zero-order valence-electron chi connectivity index (χ0n) is 16.2. The van der Waals surface area contributed by atoms with Gasteiger partial charge in [0.1, 0.15) is 11.6 Å². The van der Waals surface area contributed by atoms with Crippen molar-refractivity contribution < 1.29 is 13.9 Å². The first-order chi connectivity index (χ1) is 14.1. The summed E-state index contributed by atoms with van der Waals surface area (Å²) in [6.07, 6.45) is -0.000600. The van der Waals surface area contributed by atoms with E-state index in [9.17, 15) is 9.18 Å². The van der Waals surface area contributed by atoms with Crippen molar-refractivity contribution in [2.45, 2.75) is 25.2 Å². The average molecular weight is 432 g/mol. The van der Waals surface area contributed by atoms with Gasteiger partial charge in [-0.25, -0.2) is 4.39 Å². The summed E-state index contributed by atoms with van der Waals surface area (Å²) in [5.41, 5.74) is 0.496. The minimum Gasteiger partial charge on any atom is -0.480 e. The lowest BCUT2D eigenvalue weighted by molar-refractivity contribution is -0.127. The highest BCUT2D eigenvalue weighted by atomic mass is 35.5. The Morgan fingerprint density at radius 3 is 2.69 bits per heavy atom. The molecule has 0 aromatic heterocycles. The fraction of sp³-hybridized carbons (Fsp3) is 0.261. The molecule has 1 amide bonds. The molecular formula is C23H23ClFNO2S. The Labute approximate surface area is 179 Å². The Bertz CT molecular complexity index is 957. The maximum Gasteiger partial charge on any atom is 0.261 e. The topological polar surface area (TPSA) is 38.3 Å². The third-order valence-electron chi connectivity index (χ3n) is 4.54. The third kappa shape index (κ3) is 5.64. The molecule has 0 aliphatic carbocycles. The second-order valence-electron chi connectivity index (χ2n) is 6.54. The second kappa shape index (κ2) is 10.5. The standard InChI is InChI=1S/C23H23ClFNO2S/c1-2-21(28-22-12-5-8-16-7-3-4-9-17(16)22)23(27)26-13-14-29-15-18-19(24)10-6-11-20(18)25/h3-12,21H,2,13-15H2,1H3,(H,26,27)/t21-/m0/s1. The van der Waals surface area contributed by atoms with Crippen LogP contribution in [-0.4, -0.2) is 24.3 Å². The smallest absolute Gasteiger partial charge is 0.261 e. The van der Waals surface area contributed by atoms with Crippen LogP contribution < -0.4 is 10.1 Å². The molecule has 3 rings (SSSR count). The van der Waals surface area contributed by atoms with E-state index in [4.69, 9.17) is 16.3 Å². The molecule has 0 saturated carbocycles. The molecule has 3 nitrogen and oxygen atoms in total. The van der Waals surface area contributed by atoms with Gasteiger partial charge < -0.3 is 10.1 Å². The van der Waals surface area contributed by atoms with Crippen LogP contribution in [0.4, 0.5) is 4.39 Å². The molecule has 0 saturated heterocycles. The third-order valence-corrected chi connectivity index (χ3v) is 5.88. The molecule has 1 atom stereocenters. The SMILES string of the molecule is CC[C@H](Oc1cccc2ccccc12)C(=O)NCCSCc1c(F)cccc1Cl. The lowest BCUT2D eigenvalue weighted by Crippen LogP contribution is -2.39. The van der Waals surface area contributed by atoms with Gasteiger partial charge in [-0.2, -0.15) is 11.8 Å². The molecule has 3 aromatic carbocycles. The van der Waals surface area contributed by atoms with E-state index in [2.05, 4.69) is 5.32 Å². The Hall–Kier alpha value is -2.24. The summed E-state index contributed by atoms with van der Waals surface area (Å²) in [6.45, 7) is 2.40. The molecule has 0 spiro atoms. The summed E-state index contributed by atoms with van der Waals surface area (Å²) in [4.78, 5) is 12.5. The van der Waals surface area contributed by atoms with Crippen LogP contribution in [0.2, 0.25) is 5.02 Å². The number of nitrogens with one attached hydrogen (secondary N) is 1. The summed E-state index contributed by atoms with van der Waals surface area (Å²) in [7, 11) is 0. The van der Waals surface area contributed by atoms with Crippen LogP contribution in [-0.2, 0) is 10.5 Å². The molecule has 29 heavy (non-hydrogen) atoms. The van der Waals surface area contributed by atoms with Crippen molar-refractivity contribution in [1.29, 1.82) is 0 Å². The molecule has 0 heterocycles. The normalized spacial score (nSPS) is 12.0. The number of carbonyl (C=O) groups is 1. The highest BCUT2D eigenvalue weighted by molar-refractivity contribution is 7.98. The largest absolute Gasteiger partial charge is 0.480 e. The van der Waals surface area contributed by atoms with Gasteiger partial charge in [0.25, 0.3) is 5.91 Å². The van der Waals surface area contributed by atoms with Crippen LogP contribution in [0.15, 0.2) is 60.7 Å². The van der Waals surface area contributed by atoms with Crippen LogP contribution in [0.5, 0.6) is 5.75 Å². The van der Waals surface area contributed by atoms with Crippen molar-refractivity contribution in [2.75, 3.05) is 12.3 Å². The van der Waals surface area contributed by atoms with Gasteiger partial charge in [-0.1, -0.05) is 61.0 Å². The number of carbonyl (C=O) groups excluding carboxylic acids is 1. The van der Waals surface area contributed by atoms with Gasteiger partial charge in [0.15, 0.2) is 6.10 Å². The van der Waals surface area contributed by atoms with Crippen LogP contribution in [0.3, 0.4) is 0 Å². The van der Waals surface area contributed by atoms with Gasteiger partial charge in [0, 0.05) is 34.0 Å². The molecule has 0 aliphatic rings. The number of halogens is 2. The fourth-order valence-corrected chi connectivity index (χ4v) is 4.18. The zero-order valence-corrected chi connectivity index (χ0v) is 17.7. The Morgan fingerprint density at radius 2 is 1.90 bits per heavy atom. The lowest BCUT2D eigenvalue weighted by atomic mass is 10.1. The number of ether oxygens (including phenoxy) is 1. The Balaban J connectivity index is 1.50. The lowest BCUT2D eigenvalue weighted by Gasteiger charge is -2.18. The van der Waals surface area contributed by atoms with E-state index in [1.807, 2.05) is 49.4 Å². The number of hydrogen-bond donors (Lipinski definition) is 1. The van der Waals surface area contributed by atoms with Crippen molar-refractivity contribution in [2.24, 2.45) is 0 Å². The predicted molar refractivity (Wildman–Crippen MR) is 119 cm³/mol. The molecule has 0 radical (unpaired) electrons. The van der Waals surface area contributed by atoms with E-state index in [1.54, 1.807) is 12.1 Å². The number of fused-ring (bicyclic) bond motifs is 1. The van der Waals surface area contributed by atoms with Gasteiger partial charge in [-0.15, -0.1) is 0 Å². The van der Waals surface area contributed by atoms with Crippen molar-refractivity contribution in [3.63, 3.8) is 0 Å². The molecule has 0 aliphatic heterocycles. The molecule has 6 heteroatoms. The van der Waals surface area contributed by atoms with Crippen LogP contribution >= 0.6 is 23.4 Å². The van der Waals surface area contributed by atoms with Gasteiger partial charge in [-0.05, 0) is 30.0 Å². The number of amides is 1. The first-order valence-electron chi connectivity index (χ1n) is 9.53. The fourth-order valence-electron chi connectivity index (χ4n) is 2.98. The van der Waals surface area contributed by atoms with Crippen LogP contribution in [0.25, 0.3) is 10.8 Å². The average Bonchev–Trinajstić information content (AvgIpc) is 2.73. The van der Waals surface area contributed by atoms with E-state index < -0.39 is 6.10 Å². The van der Waals surface area contributed by atoms with E-state index in [1.165, 1.54) is 17.8 Å². The minimum absolute atomic E-state index is 0.148. The van der Waals surface area contributed by atoms with Crippen molar-refractivity contribution in [1.82, 2.24) is 5.32 Å². The highest BCUT2D eigenvalue weighted by Gasteiger charge is 2.19. The summed E-state index contributed by atoms with van der Waals surface area (Å²) in [6, 6.07) is 18.4. The first-order valence-corrected chi connectivity index (χ1v) is 11.1. The van der Waals surface area contributed by atoms with Crippen molar-refractivity contribution >= 4 is 40.0 Å². The summed E-state index contributed by atoms with van der Waals surface area (Å²) >= 11 is 7.55. The summed E-state index contributed by atoms with van der Waals surface area (Å²) < 4.78 is 19.8. The maximum absolute atomic E-state index is 13.8. The van der Waals surface area contributed by atoms with Gasteiger partial charge >= 0.3 is 0 Å². The predicted octanol–water partition coefficient (Wildman–Crippen LogP) is 5.84. The quantitative estimate of drug-likeness (QED) is 0.432. The molecule has 3 aromatic rings. The number of benzene rings is 3. The van der Waals surface area contributed by atoms with Gasteiger partial charge in [-0.3, -0.25) is 4.79 Å². The number of thioether (sulfide) groups is 1.